The second kappa shape index (κ2) is 15.9. The smallest absolute Gasteiger partial charge is 0.207 e. The summed E-state index contributed by atoms with van der Waals surface area (Å²) < 4.78 is 41.4. The Morgan fingerprint density at radius 2 is 1.33 bits per heavy atom. The summed E-state index contributed by atoms with van der Waals surface area (Å²) in [6, 6.07) is -4.57. The average molecular weight is 699 g/mol. The van der Waals surface area contributed by atoms with Crippen molar-refractivity contribution in [1.82, 2.24) is 10.6 Å². The monoisotopic (exact) mass is 698 g/mol. The summed E-state index contributed by atoms with van der Waals surface area (Å²) in [6.45, 7) is -0.656. The number of rotatable bonds is 11. The molecule has 0 spiro atoms. The molecular formula is C27H50N6O15. The third kappa shape index (κ3) is 7.50. The van der Waals surface area contributed by atoms with Crippen LogP contribution in [0.1, 0.15) is 12.8 Å². The first-order valence-electron chi connectivity index (χ1n) is 15.9. The quantitative estimate of drug-likeness (QED) is 0.0891. The van der Waals surface area contributed by atoms with E-state index in [1.54, 1.807) is 0 Å². The van der Waals surface area contributed by atoms with Crippen LogP contribution in [0.15, 0.2) is 0 Å². The predicted octanol–water partition coefficient (Wildman–Crippen LogP) is -8.73. The molecule has 0 aromatic rings. The topological polar surface area (TPSA) is 351 Å². The molecule has 3 unspecified atom stereocenters. The number of carbonyl (C=O) groups excluding carboxylic acids is 1. The Morgan fingerprint density at radius 3 is 2.00 bits per heavy atom. The first-order chi connectivity index (χ1) is 22.8. The molecule has 0 aromatic heterocycles. The van der Waals surface area contributed by atoms with Gasteiger partial charge in [0.25, 0.3) is 0 Å². The molecule has 1 saturated carbocycles. The first kappa shape index (κ1) is 38.0. The summed E-state index contributed by atoms with van der Waals surface area (Å²) in [4.78, 5) is 10.7. The number of fused-ring (bicyclic) bond motifs is 1. The van der Waals surface area contributed by atoms with E-state index in [2.05, 4.69) is 10.6 Å². The van der Waals surface area contributed by atoms with Crippen LogP contribution in [-0.2, 0) is 38.0 Å². The summed E-state index contributed by atoms with van der Waals surface area (Å²) in [7, 11) is 1.53. The van der Waals surface area contributed by atoms with Crippen LogP contribution >= 0.6 is 0 Å². The van der Waals surface area contributed by atoms with Gasteiger partial charge in [0.2, 0.25) is 6.41 Å². The molecule has 5 rings (SSSR count). The highest BCUT2D eigenvalue weighted by molar-refractivity contribution is 5.45. The number of nitrogens with two attached hydrogens (primary N) is 4. The van der Waals surface area contributed by atoms with E-state index in [0.717, 1.165) is 0 Å². The molecule has 0 aromatic carbocycles. The number of hydrogen-bond donors (Lipinski definition) is 13. The van der Waals surface area contributed by atoms with Crippen molar-refractivity contribution in [3.05, 3.63) is 0 Å². The molecule has 4 saturated heterocycles. The lowest BCUT2D eigenvalue weighted by molar-refractivity contribution is -0.374. The van der Waals surface area contributed by atoms with Crippen LogP contribution in [0.25, 0.3) is 0 Å². The molecule has 4 aliphatic heterocycles. The van der Waals surface area contributed by atoms with Crippen molar-refractivity contribution in [3.8, 4) is 0 Å². The number of carbonyl (C=O) groups is 1. The highest BCUT2D eigenvalue weighted by Gasteiger charge is 2.55. The Kier molecular flexibility index (Phi) is 12.6. The van der Waals surface area contributed by atoms with Gasteiger partial charge in [0, 0.05) is 18.6 Å². The van der Waals surface area contributed by atoms with Crippen LogP contribution in [0.4, 0.5) is 0 Å². The van der Waals surface area contributed by atoms with E-state index in [1.807, 2.05) is 0 Å². The molecule has 21 atom stereocenters. The van der Waals surface area contributed by atoms with E-state index in [-0.39, 0.29) is 19.4 Å². The van der Waals surface area contributed by atoms with Crippen molar-refractivity contribution in [3.63, 3.8) is 0 Å². The number of hydrogen-bond acceptors (Lipinski definition) is 20. The molecule has 1 aliphatic carbocycles. The average Bonchev–Trinajstić information content (AvgIpc) is 3.32. The molecule has 21 nitrogen and oxygen atoms in total. The molecule has 5 aliphatic rings. The SMILES string of the molecule is CN[C@@H]1[C@@H](O[C@H]2O[C@H](CO)[C@@H](N)[C@H](O)[C@H]2O)OC2C[C@@H](N)[C@@H](O[C@H]3[C@H](OC4O[C@H](CNC=O)[C@@H](O)[C@H]4O)[C@@H](O)[C@H](N)C[C@@H]3N)OC2[C@@H]1O. The minimum Gasteiger partial charge on any atom is -0.394 e. The van der Waals surface area contributed by atoms with Crippen molar-refractivity contribution < 1.29 is 73.7 Å². The van der Waals surface area contributed by atoms with Gasteiger partial charge >= 0.3 is 0 Å². The Balaban J connectivity index is 1.27. The Hall–Kier alpha value is -1.29. The van der Waals surface area contributed by atoms with Gasteiger partial charge in [-0.1, -0.05) is 0 Å². The zero-order valence-corrected chi connectivity index (χ0v) is 26.2. The molecule has 0 radical (unpaired) electrons. The van der Waals surface area contributed by atoms with Gasteiger partial charge in [-0.25, -0.2) is 0 Å². The Morgan fingerprint density at radius 1 is 0.688 bits per heavy atom. The Bertz CT molecular complexity index is 1060. The van der Waals surface area contributed by atoms with E-state index >= 15 is 0 Å². The number of aliphatic hydroxyl groups excluding tert-OH is 7. The van der Waals surface area contributed by atoms with Crippen molar-refractivity contribution in [2.75, 3.05) is 20.2 Å². The van der Waals surface area contributed by atoms with Crippen LogP contribution in [0.2, 0.25) is 0 Å². The van der Waals surface area contributed by atoms with Gasteiger partial charge in [-0.3, -0.25) is 4.79 Å². The maximum Gasteiger partial charge on any atom is 0.207 e. The summed E-state index contributed by atoms with van der Waals surface area (Å²) in [5, 5.41) is 79.1. The fourth-order valence-corrected chi connectivity index (χ4v) is 6.91. The number of nitrogens with one attached hydrogen (secondary N) is 2. The third-order valence-corrected chi connectivity index (χ3v) is 9.73. The fraction of sp³-hybridized carbons (Fsp3) is 0.963. The van der Waals surface area contributed by atoms with Gasteiger partial charge in [0.05, 0.1) is 36.9 Å². The van der Waals surface area contributed by atoms with Gasteiger partial charge in [-0.05, 0) is 19.9 Å². The van der Waals surface area contributed by atoms with Gasteiger partial charge in [-0.2, -0.15) is 0 Å². The zero-order chi connectivity index (χ0) is 35.0. The minimum atomic E-state index is -1.59. The number of amides is 1. The summed E-state index contributed by atoms with van der Waals surface area (Å²) in [5.74, 6) is 0. The number of aliphatic hydroxyl groups is 7. The standard InChI is InChI=1S/C27H50N6O15/c1-32-14-18(39)22-10(42-25(14)48-27-20(41)17(38)13(31)12(5-34)44-27)3-9(30)24(46-22)45-21-8(29)2-7(28)15(36)23(21)47-26-19(40)16(37)11(43-26)4-33-6-35/h6-27,32,34,36-41H,2-5,28-31H2,1H3,(H,33,35)/t7-,8+,9-,10?,11-,12-,13-,14+,15+,16-,17+,18-,19-,20-,21-,22?,23-,24+,25-,26?,27-/m1/s1. The minimum absolute atomic E-state index is 0.0706. The molecular weight excluding hydrogens is 648 g/mol. The van der Waals surface area contributed by atoms with Crippen LogP contribution in [0, 0.1) is 0 Å². The van der Waals surface area contributed by atoms with Crippen molar-refractivity contribution in [1.29, 1.82) is 0 Å². The van der Waals surface area contributed by atoms with E-state index < -0.39 is 135 Å². The van der Waals surface area contributed by atoms with Crippen molar-refractivity contribution in [2.24, 2.45) is 22.9 Å². The van der Waals surface area contributed by atoms with Gasteiger partial charge in [-0.15, -0.1) is 0 Å². The maximum absolute atomic E-state index is 11.4. The molecule has 21 heteroatoms. The van der Waals surface area contributed by atoms with Crippen molar-refractivity contribution in [2.45, 2.75) is 141 Å². The number of ether oxygens (including phenoxy) is 7. The first-order valence-corrected chi connectivity index (χ1v) is 15.9. The second-order valence-corrected chi connectivity index (χ2v) is 12.9. The van der Waals surface area contributed by atoms with E-state index in [4.69, 9.17) is 56.1 Å². The lowest BCUT2D eigenvalue weighted by Crippen LogP contribution is -2.70. The van der Waals surface area contributed by atoms with Gasteiger partial charge in [0.1, 0.15) is 61.0 Å². The predicted molar refractivity (Wildman–Crippen MR) is 157 cm³/mol. The largest absolute Gasteiger partial charge is 0.394 e. The lowest BCUT2D eigenvalue weighted by atomic mass is 9.84. The summed E-state index contributed by atoms with van der Waals surface area (Å²) >= 11 is 0. The molecule has 0 bridgehead atoms. The molecule has 278 valence electrons. The fourth-order valence-electron chi connectivity index (χ4n) is 6.91. The van der Waals surface area contributed by atoms with E-state index in [0.29, 0.717) is 6.41 Å². The van der Waals surface area contributed by atoms with E-state index in [1.165, 1.54) is 7.05 Å². The molecule has 4 heterocycles. The summed E-state index contributed by atoms with van der Waals surface area (Å²) in [5.41, 5.74) is 24.8. The highest BCUT2D eigenvalue weighted by Crippen LogP contribution is 2.36. The lowest BCUT2D eigenvalue weighted by Gasteiger charge is -2.51. The third-order valence-electron chi connectivity index (χ3n) is 9.73. The zero-order valence-electron chi connectivity index (χ0n) is 26.2. The van der Waals surface area contributed by atoms with Crippen LogP contribution < -0.4 is 33.6 Å². The van der Waals surface area contributed by atoms with E-state index in [9.17, 15) is 40.5 Å². The normalized spacial score (nSPS) is 52.9. The number of likely N-dealkylation sites (N-methyl/N-ethyl adjacent to an activating group) is 1. The van der Waals surface area contributed by atoms with Crippen LogP contribution in [-0.4, -0.2) is 191 Å². The van der Waals surface area contributed by atoms with Crippen LogP contribution in [0.3, 0.4) is 0 Å². The van der Waals surface area contributed by atoms with Crippen molar-refractivity contribution >= 4 is 6.41 Å². The second-order valence-electron chi connectivity index (χ2n) is 12.9. The molecule has 5 fully saturated rings. The van der Waals surface area contributed by atoms with Crippen LogP contribution in [0.5, 0.6) is 0 Å². The van der Waals surface area contributed by atoms with Gasteiger partial charge in [0.15, 0.2) is 25.2 Å². The molecule has 17 N–H and O–H groups in total. The molecule has 1 amide bonds. The summed E-state index contributed by atoms with van der Waals surface area (Å²) in [6.07, 6.45) is -19.7. The Labute approximate surface area is 275 Å². The highest BCUT2D eigenvalue weighted by atomic mass is 16.8. The molecule has 48 heavy (non-hydrogen) atoms. The van der Waals surface area contributed by atoms with Gasteiger partial charge < -0.3 is 102 Å². The maximum atomic E-state index is 11.4.